The van der Waals surface area contributed by atoms with Crippen LogP contribution in [0, 0.1) is 0 Å². The first-order valence-electron chi connectivity index (χ1n) is 5.21. The monoisotopic (exact) mass is 225 g/mol. The molecular formula is C12H19NO3. The van der Waals surface area contributed by atoms with Gasteiger partial charge < -0.3 is 20.3 Å². The van der Waals surface area contributed by atoms with E-state index in [1.165, 1.54) is 7.11 Å². The van der Waals surface area contributed by atoms with Crippen LogP contribution in [-0.2, 0) is 6.54 Å². The molecular weight excluding hydrogens is 206 g/mol. The van der Waals surface area contributed by atoms with Crippen LogP contribution in [0.2, 0.25) is 0 Å². The summed E-state index contributed by atoms with van der Waals surface area (Å²) in [5.41, 5.74) is 0.219. The van der Waals surface area contributed by atoms with Crippen molar-refractivity contribution in [3.8, 4) is 11.5 Å². The Kier molecular flexibility index (Phi) is 4.15. The van der Waals surface area contributed by atoms with Gasteiger partial charge in [-0.15, -0.1) is 0 Å². The quantitative estimate of drug-likeness (QED) is 0.706. The van der Waals surface area contributed by atoms with E-state index in [0.29, 0.717) is 18.8 Å². The molecule has 90 valence electrons. The molecule has 4 heteroatoms. The Hall–Kier alpha value is -1.26. The van der Waals surface area contributed by atoms with Crippen LogP contribution in [0.3, 0.4) is 0 Å². The second kappa shape index (κ2) is 5.18. The van der Waals surface area contributed by atoms with Crippen LogP contribution < -0.4 is 10.1 Å². The van der Waals surface area contributed by atoms with Crippen LogP contribution in [0.25, 0.3) is 0 Å². The first-order chi connectivity index (χ1) is 7.42. The molecule has 4 nitrogen and oxygen atoms in total. The number of benzene rings is 1. The smallest absolute Gasteiger partial charge is 0.160 e. The molecule has 0 radical (unpaired) electrons. The topological polar surface area (TPSA) is 61.7 Å². The summed E-state index contributed by atoms with van der Waals surface area (Å²) in [5.74, 6) is 0.594. The van der Waals surface area contributed by atoms with Crippen molar-refractivity contribution >= 4 is 0 Å². The molecule has 0 unspecified atom stereocenters. The number of methoxy groups -OCH3 is 1. The molecule has 1 rings (SSSR count). The minimum atomic E-state index is -0.728. The van der Waals surface area contributed by atoms with Crippen LogP contribution in [0.4, 0.5) is 0 Å². The lowest BCUT2D eigenvalue weighted by Crippen LogP contribution is -2.34. The van der Waals surface area contributed by atoms with E-state index in [1.807, 2.05) is 6.07 Å². The molecule has 0 aromatic heterocycles. The predicted molar refractivity (Wildman–Crippen MR) is 62.7 cm³/mol. The van der Waals surface area contributed by atoms with E-state index < -0.39 is 5.60 Å². The van der Waals surface area contributed by atoms with Gasteiger partial charge in [0.15, 0.2) is 11.5 Å². The third-order valence-electron chi connectivity index (χ3n) is 2.13. The molecule has 0 spiro atoms. The Balaban J connectivity index is 2.52. The second-order valence-electron chi connectivity index (χ2n) is 4.42. The maximum Gasteiger partial charge on any atom is 0.160 e. The van der Waals surface area contributed by atoms with Crippen molar-refractivity contribution in [3.05, 3.63) is 23.8 Å². The Morgan fingerprint density at radius 1 is 1.38 bits per heavy atom. The highest BCUT2D eigenvalue weighted by molar-refractivity contribution is 5.41. The molecule has 0 atom stereocenters. The highest BCUT2D eigenvalue weighted by Crippen LogP contribution is 2.25. The van der Waals surface area contributed by atoms with E-state index in [0.717, 1.165) is 5.56 Å². The number of phenolic OH excluding ortho intramolecular Hbond substituents is 1. The molecule has 0 aliphatic rings. The van der Waals surface area contributed by atoms with E-state index in [2.05, 4.69) is 5.32 Å². The molecule has 1 aromatic rings. The average molecular weight is 225 g/mol. The predicted octanol–water partition coefficient (Wildman–Crippen LogP) is 1.26. The van der Waals surface area contributed by atoms with Gasteiger partial charge in [0.05, 0.1) is 12.7 Å². The number of aliphatic hydroxyl groups is 1. The lowest BCUT2D eigenvalue weighted by Gasteiger charge is -2.17. The summed E-state index contributed by atoms with van der Waals surface area (Å²) in [7, 11) is 1.52. The molecule has 0 aliphatic heterocycles. The van der Waals surface area contributed by atoms with Crippen LogP contribution in [0.15, 0.2) is 18.2 Å². The van der Waals surface area contributed by atoms with Gasteiger partial charge in [0.1, 0.15) is 0 Å². The minimum Gasteiger partial charge on any atom is -0.504 e. The van der Waals surface area contributed by atoms with Gasteiger partial charge in [-0.3, -0.25) is 0 Å². The van der Waals surface area contributed by atoms with Crippen molar-refractivity contribution in [2.45, 2.75) is 26.0 Å². The van der Waals surface area contributed by atoms with Crippen molar-refractivity contribution in [1.29, 1.82) is 0 Å². The number of rotatable bonds is 5. The number of hydrogen-bond acceptors (Lipinski definition) is 4. The molecule has 0 saturated carbocycles. The van der Waals surface area contributed by atoms with Crippen LogP contribution in [0.5, 0.6) is 11.5 Å². The normalized spacial score (nSPS) is 11.5. The Labute approximate surface area is 95.9 Å². The highest BCUT2D eigenvalue weighted by Gasteiger charge is 2.11. The number of ether oxygens (including phenoxy) is 1. The second-order valence-corrected chi connectivity index (χ2v) is 4.42. The van der Waals surface area contributed by atoms with E-state index in [1.54, 1.807) is 26.0 Å². The third-order valence-corrected chi connectivity index (χ3v) is 2.13. The van der Waals surface area contributed by atoms with E-state index in [4.69, 9.17) is 4.74 Å². The fourth-order valence-corrected chi connectivity index (χ4v) is 1.36. The van der Waals surface area contributed by atoms with Crippen molar-refractivity contribution in [3.63, 3.8) is 0 Å². The fourth-order valence-electron chi connectivity index (χ4n) is 1.36. The molecule has 0 aliphatic carbocycles. The maximum atomic E-state index is 9.55. The largest absolute Gasteiger partial charge is 0.504 e. The fraction of sp³-hybridized carbons (Fsp3) is 0.500. The molecule has 0 fully saturated rings. The number of nitrogens with one attached hydrogen (secondary N) is 1. The van der Waals surface area contributed by atoms with Gasteiger partial charge in [0.2, 0.25) is 0 Å². The van der Waals surface area contributed by atoms with Gasteiger partial charge in [0, 0.05) is 13.1 Å². The molecule has 0 saturated heterocycles. The van der Waals surface area contributed by atoms with Crippen molar-refractivity contribution in [2.24, 2.45) is 0 Å². The maximum absolute atomic E-state index is 9.55. The van der Waals surface area contributed by atoms with Crippen molar-refractivity contribution in [2.75, 3.05) is 13.7 Å². The lowest BCUT2D eigenvalue weighted by atomic mass is 10.1. The zero-order valence-corrected chi connectivity index (χ0v) is 9.95. The van der Waals surface area contributed by atoms with E-state index in [-0.39, 0.29) is 5.75 Å². The highest BCUT2D eigenvalue weighted by atomic mass is 16.5. The van der Waals surface area contributed by atoms with Crippen molar-refractivity contribution < 1.29 is 14.9 Å². The SMILES string of the molecule is COc1ccc(CNCC(C)(C)O)cc1O. The Bertz CT molecular complexity index is 345. The molecule has 16 heavy (non-hydrogen) atoms. The summed E-state index contributed by atoms with van der Waals surface area (Å²) in [6, 6.07) is 5.24. The van der Waals surface area contributed by atoms with Crippen LogP contribution in [0.1, 0.15) is 19.4 Å². The first kappa shape index (κ1) is 12.8. The zero-order chi connectivity index (χ0) is 12.2. The van der Waals surface area contributed by atoms with Gasteiger partial charge in [0.25, 0.3) is 0 Å². The minimum absolute atomic E-state index is 0.130. The van der Waals surface area contributed by atoms with Crippen LogP contribution in [-0.4, -0.2) is 29.5 Å². The third kappa shape index (κ3) is 4.08. The molecule has 0 amide bonds. The van der Waals surface area contributed by atoms with Gasteiger partial charge in [-0.05, 0) is 31.5 Å². The summed E-state index contributed by atoms with van der Waals surface area (Å²) in [6.07, 6.45) is 0. The molecule has 0 heterocycles. The summed E-state index contributed by atoms with van der Waals surface area (Å²) >= 11 is 0. The first-order valence-corrected chi connectivity index (χ1v) is 5.21. The van der Waals surface area contributed by atoms with Crippen molar-refractivity contribution in [1.82, 2.24) is 5.32 Å². The number of phenols is 1. The summed E-state index contributed by atoms with van der Waals surface area (Å²) in [5, 5.41) is 22.2. The average Bonchev–Trinajstić information content (AvgIpc) is 2.16. The zero-order valence-electron chi connectivity index (χ0n) is 9.95. The summed E-state index contributed by atoms with van der Waals surface area (Å²) < 4.78 is 4.95. The standard InChI is InChI=1S/C12H19NO3/c1-12(2,15)8-13-7-9-4-5-11(16-3)10(14)6-9/h4-6,13-15H,7-8H2,1-3H3. The summed E-state index contributed by atoms with van der Waals surface area (Å²) in [6.45, 7) is 4.58. The number of aromatic hydroxyl groups is 1. The molecule has 0 bridgehead atoms. The van der Waals surface area contributed by atoms with Gasteiger partial charge in [-0.25, -0.2) is 0 Å². The molecule has 3 N–H and O–H groups in total. The molecule has 1 aromatic carbocycles. The lowest BCUT2D eigenvalue weighted by molar-refractivity contribution is 0.0795. The van der Waals surface area contributed by atoms with E-state index in [9.17, 15) is 10.2 Å². The van der Waals surface area contributed by atoms with Gasteiger partial charge >= 0.3 is 0 Å². The van der Waals surface area contributed by atoms with E-state index >= 15 is 0 Å². The van der Waals surface area contributed by atoms with Gasteiger partial charge in [-0.1, -0.05) is 6.07 Å². The summed E-state index contributed by atoms with van der Waals surface area (Å²) in [4.78, 5) is 0. The number of hydrogen-bond donors (Lipinski definition) is 3. The van der Waals surface area contributed by atoms with Gasteiger partial charge in [-0.2, -0.15) is 0 Å². The Morgan fingerprint density at radius 2 is 2.06 bits per heavy atom. The van der Waals surface area contributed by atoms with Crippen LogP contribution >= 0.6 is 0 Å². The Morgan fingerprint density at radius 3 is 2.56 bits per heavy atom.